The van der Waals surface area contributed by atoms with Crippen LogP contribution in [0, 0.1) is 0 Å². The molecule has 4 nitrogen and oxygen atoms in total. The number of methoxy groups -OCH3 is 2. The molecule has 78 valence electrons. The summed E-state index contributed by atoms with van der Waals surface area (Å²) in [5.74, 6) is -1.09. The molecule has 0 saturated heterocycles. The van der Waals surface area contributed by atoms with Gasteiger partial charge in [0, 0.05) is 25.5 Å². The average molecular weight is 197 g/mol. The smallest absolute Gasteiger partial charge is 0.218 e. The number of ether oxygens (including phenoxy) is 2. The minimum atomic E-state index is -1.09. The van der Waals surface area contributed by atoms with E-state index in [1.54, 1.807) is 24.3 Å². The first-order chi connectivity index (χ1) is 6.68. The van der Waals surface area contributed by atoms with Crippen LogP contribution in [0.2, 0.25) is 0 Å². The minimum Gasteiger partial charge on any atom is -0.399 e. The highest BCUT2D eigenvalue weighted by Crippen LogP contribution is 2.25. The van der Waals surface area contributed by atoms with E-state index in [1.807, 2.05) is 0 Å². The first kappa shape index (κ1) is 11.0. The molecule has 14 heavy (non-hydrogen) atoms. The summed E-state index contributed by atoms with van der Waals surface area (Å²) >= 11 is 0. The molecule has 0 aliphatic carbocycles. The van der Waals surface area contributed by atoms with Gasteiger partial charge in [0.15, 0.2) is 0 Å². The first-order valence-electron chi connectivity index (χ1n) is 4.25. The van der Waals surface area contributed by atoms with Crippen molar-refractivity contribution in [2.75, 3.05) is 26.6 Å². The van der Waals surface area contributed by atoms with Gasteiger partial charge >= 0.3 is 0 Å². The zero-order valence-corrected chi connectivity index (χ0v) is 8.36. The second-order valence-corrected chi connectivity index (χ2v) is 2.94. The van der Waals surface area contributed by atoms with Crippen LogP contribution in [0.3, 0.4) is 0 Å². The molecule has 4 heteroatoms. The van der Waals surface area contributed by atoms with Crippen LogP contribution in [0.15, 0.2) is 24.3 Å². The standard InChI is InChI=1S/C10H15NO3/c1-13-10(7-12,14-2)8-3-5-9(11)6-4-8/h3-6,12H,7,11H2,1-2H3. The van der Waals surface area contributed by atoms with Crippen LogP contribution in [0.25, 0.3) is 0 Å². The molecule has 0 unspecified atom stereocenters. The van der Waals surface area contributed by atoms with Crippen LogP contribution in [0.4, 0.5) is 5.69 Å². The van der Waals surface area contributed by atoms with Crippen molar-refractivity contribution in [1.29, 1.82) is 0 Å². The molecular weight excluding hydrogens is 182 g/mol. The Morgan fingerprint density at radius 1 is 1.21 bits per heavy atom. The predicted octanol–water partition coefficient (Wildman–Crippen LogP) is 0.707. The molecule has 0 atom stereocenters. The van der Waals surface area contributed by atoms with E-state index < -0.39 is 5.79 Å². The lowest BCUT2D eigenvalue weighted by atomic mass is 10.1. The fourth-order valence-electron chi connectivity index (χ4n) is 1.28. The van der Waals surface area contributed by atoms with Crippen molar-refractivity contribution in [3.8, 4) is 0 Å². The topological polar surface area (TPSA) is 64.7 Å². The van der Waals surface area contributed by atoms with E-state index in [9.17, 15) is 5.11 Å². The van der Waals surface area contributed by atoms with Gasteiger partial charge in [0.1, 0.15) is 6.61 Å². The van der Waals surface area contributed by atoms with Crippen molar-refractivity contribution < 1.29 is 14.6 Å². The van der Waals surface area contributed by atoms with Gasteiger partial charge in [0.05, 0.1) is 0 Å². The van der Waals surface area contributed by atoms with Crippen LogP contribution in [0.1, 0.15) is 5.56 Å². The third-order valence-electron chi connectivity index (χ3n) is 2.22. The molecule has 0 aliphatic heterocycles. The highest BCUT2D eigenvalue weighted by atomic mass is 16.7. The van der Waals surface area contributed by atoms with Gasteiger partial charge < -0.3 is 20.3 Å². The van der Waals surface area contributed by atoms with Gasteiger partial charge in [-0.05, 0) is 12.1 Å². The van der Waals surface area contributed by atoms with Crippen LogP contribution < -0.4 is 5.73 Å². The Hall–Kier alpha value is -1.10. The molecule has 0 aromatic heterocycles. The van der Waals surface area contributed by atoms with Gasteiger partial charge in [-0.3, -0.25) is 0 Å². The average Bonchev–Trinajstić information content (AvgIpc) is 2.24. The number of rotatable bonds is 4. The van der Waals surface area contributed by atoms with Gasteiger partial charge in [-0.25, -0.2) is 0 Å². The molecule has 0 heterocycles. The molecule has 0 aliphatic rings. The Balaban J connectivity index is 3.05. The Morgan fingerprint density at radius 3 is 2.07 bits per heavy atom. The molecule has 0 radical (unpaired) electrons. The maximum atomic E-state index is 9.22. The van der Waals surface area contributed by atoms with Gasteiger partial charge in [-0.1, -0.05) is 12.1 Å². The van der Waals surface area contributed by atoms with E-state index >= 15 is 0 Å². The van der Waals surface area contributed by atoms with Gasteiger partial charge in [-0.15, -0.1) is 0 Å². The third kappa shape index (κ3) is 1.87. The number of hydrogen-bond acceptors (Lipinski definition) is 4. The quantitative estimate of drug-likeness (QED) is 0.551. The largest absolute Gasteiger partial charge is 0.399 e. The summed E-state index contributed by atoms with van der Waals surface area (Å²) in [4.78, 5) is 0. The van der Waals surface area contributed by atoms with E-state index in [-0.39, 0.29) is 6.61 Å². The van der Waals surface area contributed by atoms with Gasteiger partial charge in [0.25, 0.3) is 0 Å². The van der Waals surface area contributed by atoms with Crippen LogP contribution >= 0.6 is 0 Å². The number of aliphatic hydroxyl groups excluding tert-OH is 1. The normalized spacial score (nSPS) is 11.6. The lowest BCUT2D eigenvalue weighted by Gasteiger charge is -2.29. The maximum absolute atomic E-state index is 9.22. The van der Waals surface area contributed by atoms with E-state index in [2.05, 4.69) is 0 Å². The summed E-state index contributed by atoms with van der Waals surface area (Å²) in [7, 11) is 2.96. The van der Waals surface area contributed by atoms with E-state index in [1.165, 1.54) is 14.2 Å². The zero-order valence-electron chi connectivity index (χ0n) is 8.36. The van der Waals surface area contributed by atoms with Crippen LogP contribution in [-0.2, 0) is 15.3 Å². The van der Waals surface area contributed by atoms with Crippen molar-refractivity contribution in [3.05, 3.63) is 29.8 Å². The molecule has 1 aromatic rings. The first-order valence-corrected chi connectivity index (χ1v) is 4.25. The number of nitrogens with two attached hydrogens (primary N) is 1. The van der Waals surface area contributed by atoms with Crippen molar-refractivity contribution in [1.82, 2.24) is 0 Å². The lowest BCUT2D eigenvalue weighted by molar-refractivity contribution is -0.236. The summed E-state index contributed by atoms with van der Waals surface area (Å²) in [5, 5.41) is 9.22. The van der Waals surface area contributed by atoms with Crippen molar-refractivity contribution in [2.24, 2.45) is 0 Å². The second-order valence-electron chi connectivity index (χ2n) is 2.94. The molecular formula is C10H15NO3. The SMILES string of the molecule is COC(CO)(OC)c1ccc(N)cc1. The van der Waals surface area contributed by atoms with Crippen molar-refractivity contribution in [2.45, 2.75) is 5.79 Å². The van der Waals surface area contributed by atoms with Crippen LogP contribution in [0.5, 0.6) is 0 Å². The molecule has 1 aromatic carbocycles. The lowest BCUT2D eigenvalue weighted by Crippen LogP contribution is -2.34. The zero-order chi connectivity index (χ0) is 10.6. The van der Waals surface area contributed by atoms with Crippen molar-refractivity contribution >= 4 is 5.69 Å². The summed E-state index contributed by atoms with van der Waals surface area (Å²) in [6.07, 6.45) is 0. The molecule has 1 rings (SSSR count). The Morgan fingerprint density at radius 2 is 1.71 bits per heavy atom. The molecule has 3 N–H and O–H groups in total. The monoisotopic (exact) mass is 197 g/mol. The number of nitrogen functional groups attached to an aromatic ring is 1. The van der Waals surface area contributed by atoms with E-state index in [4.69, 9.17) is 15.2 Å². The number of benzene rings is 1. The number of hydrogen-bond donors (Lipinski definition) is 2. The molecule has 0 saturated carbocycles. The number of aliphatic hydroxyl groups is 1. The minimum absolute atomic E-state index is 0.246. The Kier molecular flexibility index (Phi) is 3.46. The van der Waals surface area contributed by atoms with E-state index in [0.717, 1.165) is 5.56 Å². The fraction of sp³-hybridized carbons (Fsp3) is 0.400. The van der Waals surface area contributed by atoms with Gasteiger partial charge in [0.2, 0.25) is 5.79 Å². The predicted molar refractivity (Wildman–Crippen MR) is 53.6 cm³/mol. The summed E-state index contributed by atoms with van der Waals surface area (Å²) in [6.45, 7) is -0.246. The van der Waals surface area contributed by atoms with Crippen molar-refractivity contribution in [3.63, 3.8) is 0 Å². The molecule has 0 amide bonds. The summed E-state index contributed by atoms with van der Waals surface area (Å²) in [6, 6.07) is 6.99. The summed E-state index contributed by atoms with van der Waals surface area (Å²) in [5.41, 5.74) is 6.95. The Bertz CT molecular complexity index is 272. The van der Waals surface area contributed by atoms with E-state index in [0.29, 0.717) is 5.69 Å². The summed E-state index contributed by atoms with van der Waals surface area (Å²) < 4.78 is 10.3. The molecule has 0 fully saturated rings. The third-order valence-corrected chi connectivity index (χ3v) is 2.22. The number of anilines is 1. The van der Waals surface area contributed by atoms with Gasteiger partial charge in [-0.2, -0.15) is 0 Å². The highest BCUT2D eigenvalue weighted by molar-refractivity contribution is 5.40. The molecule has 0 spiro atoms. The van der Waals surface area contributed by atoms with Crippen LogP contribution in [-0.4, -0.2) is 25.9 Å². The second kappa shape index (κ2) is 4.41. The fourth-order valence-corrected chi connectivity index (χ4v) is 1.28. The highest BCUT2D eigenvalue weighted by Gasteiger charge is 2.30. The maximum Gasteiger partial charge on any atom is 0.218 e. The Labute approximate surface area is 83.3 Å². The molecule has 0 bridgehead atoms.